The van der Waals surface area contributed by atoms with Crippen LogP contribution in [0, 0.1) is 12.8 Å². The van der Waals surface area contributed by atoms with Gasteiger partial charge in [0, 0.05) is 6.54 Å². The third kappa shape index (κ3) is 4.22. The van der Waals surface area contributed by atoms with E-state index >= 15 is 0 Å². The predicted molar refractivity (Wildman–Crippen MR) is 90.4 cm³/mol. The Kier molecular flexibility index (Phi) is 6.68. The highest BCUT2D eigenvalue weighted by Crippen LogP contribution is 2.34. The van der Waals surface area contributed by atoms with Gasteiger partial charge < -0.3 is 20.5 Å². The molecule has 1 aliphatic rings. The standard InChI is InChI=1S/C18H30N2O2/c1-3-22-16-4-5-17(14(2)12-16)18(13-19)15-6-8-20(9-7-15)10-11-21/h4-5,12,15,18,21H,3,6-11,13,19H2,1-2H3. The van der Waals surface area contributed by atoms with Gasteiger partial charge in [-0.15, -0.1) is 0 Å². The summed E-state index contributed by atoms with van der Waals surface area (Å²) in [7, 11) is 0. The lowest BCUT2D eigenvalue weighted by atomic mass is 9.78. The van der Waals surface area contributed by atoms with Crippen LogP contribution in [0.25, 0.3) is 0 Å². The maximum absolute atomic E-state index is 9.05. The number of nitrogens with two attached hydrogens (primary N) is 1. The number of ether oxygens (including phenoxy) is 1. The molecule has 22 heavy (non-hydrogen) atoms. The van der Waals surface area contributed by atoms with Crippen LogP contribution in [0.5, 0.6) is 5.75 Å². The number of benzene rings is 1. The van der Waals surface area contributed by atoms with Crippen molar-refractivity contribution in [3.63, 3.8) is 0 Å². The molecule has 1 atom stereocenters. The third-order valence-electron chi connectivity index (χ3n) is 4.82. The molecule has 0 bridgehead atoms. The first kappa shape index (κ1) is 17.3. The fourth-order valence-corrected chi connectivity index (χ4v) is 3.61. The zero-order chi connectivity index (χ0) is 15.9. The summed E-state index contributed by atoms with van der Waals surface area (Å²) in [6.07, 6.45) is 2.32. The van der Waals surface area contributed by atoms with Gasteiger partial charge in [-0.3, -0.25) is 0 Å². The molecule has 1 aliphatic heterocycles. The average molecular weight is 306 g/mol. The van der Waals surface area contributed by atoms with Gasteiger partial charge >= 0.3 is 0 Å². The number of hydrogen-bond acceptors (Lipinski definition) is 4. The minimum Gasteiger partial charge on any atom is -0.494 e. The van der Waals surface area contributed by atoms with Crippen molar-refractivity contribution in [2.75, 3.05) is 39.4 Å². The molecule has 124 valence electrons. The molecule has 1 unspecified atom stereocenters. The summed E-state index contributed by atoms with van der Waals surface area (Å²) in [5.41, 5.74) is 8.75. The largest absolute Gasteiger partial charge is 0.494 e. The number of rotatable bonds is 7. The second-order valence-corrected chi connectivity index (χ2v) is 6.20. The van der Waals surface area contributed by atoms with Crippen LogP contribution in [-0.4, -0.2) is 49.4 Å². The second-order valence-electron chi connectivity index (χ2n) is 6.20. The quantitative estimate of drug-likeness (QED) is 0.810. The highest BCUT2D eigenvalue weighted by atomic mass is 16.5. The Morgan fingerprint density at radius 2 is 2.09 bits per heavy atom. The van der Waals surface area contributed by atoms with Gasteiger partial charge in [-0.1, -0.05) is 6.07 Å². The van der Waals surface area contributed by atoms with Crippen molar-refractivity contribution >= 4 is 0 Å². The Bertz CT molecular complexity index is 456. The van der Waals surface area contributed by atoms with Gasteiger partial charge in [0.25, 0.3) is 0 Å². The molecule has 0 aliphatic carbocycles. The average Bonchev–Trinajstić information content (AvgIpc) is 2.52. The number of hydrogen-bond donors (Lipinski definition) is 2. The number of nitrogens with zero attached hydrogens (tertiary/aromatic N) is 1. The SMILES string of the molecule is CCOc1ccc(C(CN)C2CCN(CCO)CC2)c(C)c1. The molecule has 2 rings (SSSR count). The first-order chi connectivity index (χ1) is 10.7. The molecule has 0 radical (unpaired) electrons. The monoisotopic (exact) mass is 306 g/mol. The molecule has 1 saturated heterocycles. The Morgan fingerprint density at radius 3 is 2.64 bits per heavy atom. The van der Waals surface area contributed by atoms with Crippen molar-refractivity contribution in [1.82, 2.24) is 4.90 Å². The van der Waals surface area contributed by atoms with Crippen molar-refractivity contribution in [2.24, 2.45) is 11.7 Å². The summed E-state index contributed by atoms with van der Waals surface area (Å²) >= 11 is 0. The van der Waals surface area contributed by atoms with E-state index in [1.807, 2.05) is 6.92 Å². The summed E-state index contributed by atoms with van der Waals surface area (Å²) in [5.74, 6) is 2.00. The van der Waals surface area contributed by atoms with Crippen LogP contribution in [0.3, 0.4) is 0 Å². The number of aliphatic hydroxyl groups is 1. The van der Waals surface area contributed by atoms with E-state index in [1.165, 1.54) is 11.1 Å². The lowest BCUT2D eigenvalue weighted by molar-refractivity contribution is 0.138. The van der Waals surface area contributed by atoms with E-state index in [0.717, 1.165) is 38.2 Å². The van der Waals surface area contributed by atoms with E-state index in [2.05, 4.69) is 30.0 Å². The zero-order valence-electron chi connectivity index (χ0n) is 13.9. The predicted octanol–water partition coefficient (Wildman–Crippen LogP) is 2.14. The molecule has 1 aromatic rings. The summed E-state index contributed by atoms with van der Waals surface area (Å²) in [6.45, 7) is 8.73. The van der Waals surface area contributed by atoms with Crippen LogP contribution in [0.4, 0.5) is 0 Å². The maximum Gasteiger partial charge on any atom is 0.119 e. The molecule has 0 spiro atoms. The minimum absolute atomic E-state index is 0.253. The van der Waals surface area contributed by atoms with Crippen molar-refractivity contribution in [3.8, 4) is 5.75 Å². The molecule has 4 heteroatoms. The van der Waals surface area contributed by atoms with Crippen molar-refractivity contribution in [2.45, 2.75) is 32.6 Å². The lowest BCUT2D eigenvalue weighted by Crippen LogP contribution is -2.38. The summed E-state index contributed by atoms with van der Waals surface area (Å²) in [5, 5.41) is 9.05. The Morgan fingerprint density at radius 1 is 1.36 bits per heavy atom. The minimum atomic E-state index is 0.253. The normalized spacial score (nSPS) is 18.4. The lowest BCUT2D eigenvalue weighted by Gasteiger charge is -2.36. The van der Waals surface area contributed by atoms with Crippen LogP contribution in [-0.2, 0) is 0 Å². The molecule has 0 aromatic heterocycles. The highest BCUT2D eigenvalue weighted by molar-refractivity contribution is 5.37. The van der Waals surface area contributed by atoms with Crippen LogP contribution in [0.2, 0.25) is 0 Å². The van der Waals surface area contributed by atoms with Crippen molar-refractivity contribution in [3.05, 3.63) is 29.3 Å². The molecule has 4 nitrogen and oxygen atoms in total. The van der Waals surface area contributed by atoms with Crippen LogP contribution in [0.1, 0.15) is 36.8 Å². The molecule has 3 N–H and O–H groups in total. The summed E-state index contributed by atoms with van der Waals surface area (Å²) < 4.78 is 5.58. The molecule has 1 aromatic carbocycles. The number of β-amino-alcohol motifs (C(OH)–C–C–N with tert-alkyl or cyclic N) is 1. The summed E-state index contributed by atoms with van der Waals surface area (Å²) in [4.78, 5) is 2.34. The smallest absolute Gasteiger partial charge is 0.119 e. The van der Waals surface area contributed by atoms with Gasteiger partial charge in [-0.25, -0.2) is 0 Å². The van der Waals surface area contributed by atoms with E-state index in [0.29, 0.717) is 25.0 Å². The Labute approximate surface area is 134 Å². The van der Waals surface area contributed by atoms with Crippen molar-refractivity contribution in [1.29, 1.82) is 0 Å². The van der Waals surface area contributed by atoms with E-state index in [1.54, 1.807) is 0 Å². The molecule has 0 amide bonds. The maximum atomic E-state index is 9.05. The molecule has 0 saturated carbocycles. The van der Waals surface area contributed by atoms with Gasteiger partial charge in [-0.2, -0.15) is 0 Å². The number of aliphatic hydroxyl groups excluding tert-OH is 1. The van der Waals surface area contributed by atoms with Gasteiger partial charge in [0.2, 0.25) is 0 Å². The van der Waals surface area contributed by atoms with Crippen molar-refractivity contribution < 1.29 is 9.84 Å². The number of likely N-dealkylation sites (tertiary alicyclic amines) is 1. The van der Waals surface area contributed by atoms with E-state index < -0.39 is 0 Å². The fourth-order valence-electron chi connectivity index (χ4n) is 3.61. The number of aryl methyl sites for hydroxylation is 1. The zero-order valence-corrected chi connectivity index (χ0v) is 13.9. The van der Waals surface area contributed by atoms with Crippen LogP contribution >= 0.6 is 0 Å². The van der Waals surface area contributed by atoms with Gasteiger partial charge in [-0.05, 0) is 81.4 Å². The van der Waals surface area contributed by atoms with E-state index in [-0.39, 0.29) is 6.61 Å². The molecular formula is C18H30N2O2. The Balaban J connectivity index is 2.05. The van der Waals surface area contributed by atoms with Gasteiger partial charge in [0.05, 0.1) is 13.2 Å². The Hall–Kier alpha value is -1.10. The van der Waals surface area contributed by atoms with Gasteiger partial charge in [0.15, 0.2) is 0 Å². The molecule has 1 heterocycles. The summed E-state index contributed by atoms with van der Waals surface area (Å²) in [6, 6.07) is 6.38. The molecule has 1 fully saturated rings. The van der Waals surface area contributed by atoms with Gasteiger partial charge in [0.1, 0.15) is 5.75 Å². The second kappa shape index (κ2) is 8.51. The topological polar surface area (TPSA) is 58.7 Å². The fraction of sp³-hybridized carbons (Fsp3) is 0.667. The molecular weight excluding hydrogens is 276 g/mol. The van der Waals surface area contributed by atoms with E-state index in [9.17, 15) is 0 Å². The number of piperidine rings is 1. The van der Waals surface area contributed by atoms with E-state index in [4.69, 9.17) is 15.6 Å². The van der Waals surface area contributed by atoms with Crippen LogP contribution in [0.15, 0.2) is 18.2 Å². The van der Waals surface area contributed by atoms with Crippen LogP contribution < -0.4 is 10.5 Å². The third-order valence-corrected chi connectivity index (χ3v) is 4.82. The highest BCUT2D eigenvalue weighted by Gasteiger charge is 2.27. The first-order valence-electron chi connectivity index (χ1n) is 8.46. The first-order valence-corrected chi connectivity index (χ1v) is 8.46.